The lowest BCUT2D eigenvalue weighted by Crippen LogP contribution is -2.29. The van der Waals surface area contributed by atoms with Gasteiger partial charge in [0.15, 0.2) is 5.78 Å². The zero-order valence-corrected chi connectivity index (χ0v) is 6.24. The normalized spacial score (nSPS) is 15.0. The van der Waals surface area contributed by atoms with Gasteiger partial charge in [-0.05, 0) is 6.92 Å². The summed E-state index contributed by atoms with van der Waals surface area (Å²) in [7, 11) is -3.89. The highest BCUT2D eigenvalue weighted by molar-refractivity contribution is 7.91. The van der Waals surface area contributed by atoms with E-state index >= 15 is 0 Å². The third kappa shape index (κ3) is 2.78. The van der Waals surface area contributed by atoms with Crippen LogP contribution in [0.1, 0.15) is 6.92 Å². The highest BCUT2D eigenvalue weighted by Gasteiger charge is 2.22. The Hall–Kier alpha value is -0.130. The topological polar surface area (TPSA) is 77.2 Å². The number of rotatable bonds is 2. The van der Waals surface area contributed by atoms with Gasteiger partial charge in [-0.3, -0.25) is 4.79 Å². The van der Waals surface area contributed by atoms with Crippen LogP contribution >= 0.6 is 11.6 Å². The van der Waals surface area contributed by atoms with Crippen molar-refractivity contribution in [3.05, 3.63) is 0 Å². The van der Waals surface area contributed by atoms with Crippen LogP contribution < -0.4 is 5.14 Å². The lowest BCUT2D eigenvalue weighted by atomic mass is 10.5. The molecule has 0 radical (unpaired) electrons. The van der Waals surface area contributed by atoms with Crippen molar-refractivity contribution < 1.29 is 13.2 Å². The van der Waals surface area contributed by atoms with Crippen LogP contribution in [0.5, 0.6) is 0 Å². The van der Waals surface area contributed by atoms with Gasteiger partial charge in [-0.15, -0.1) is 0 Å². The molecule has 2 N–H and O–H groups in total. The quantitative estimate of drug-likeness (QED) is 0.566. The van der Waals surface area contributed by atoms with E-state index in [4.69, 9.17) is 11.6 Å². The number of ketones is 1. The average molecular weight is 172 g/mol. The van der Waals surface area contributed by atoms with Crippen molar-refractivity contribution >= 4 is 27.4 Å². The van der Waals surface area contributed by atoms with Crippen molar-refractivity contribution in [2.24, 2.45) is 5.14 Å². The van der Waals surface area contributed by atoms with Gasteiger partial charge in [0.25, 0.3) is 0 Å². The second-order valence-corrected chi connectivity index (χ2v) is 3.86. The molecule has 0 aromatic carbocycles. The first-order valence-corrected chi connectivity index (χ1v) is 4.06. The molecular formula is C3H6ClNO3S. The molecule has 0 spiro atoms. The molecule has 0 aromatic heterocycles. The molecule has 9 heavy (non-hydrogen) atoms. The Morgan fingerprint density at radius 1 is 1.67 bits per heavy atom. The van der Waals surface area contributed by atoms with Gasteiger partial charge < -0.3 is 0 Å². The minimum Gasteiger partial charge on any atom is -0.297 e. The van der Waals surface area contributed by atoms with Crippen molar-refractivity contribution in [1.82, 2.24) is 0 Å². The van der Waals surface area contributed by atoms with E-state index in [1.165, 1.54) is 0 Å². The Morgan fingerprint density at radius 3 is 2.00 bits per heavy atom. The molecule has 0 aromatic rings. The van der Waals surface area contributed by atoms with Crippen LogP contribution in [0.4, 0.5) is 0 Å². The third-order valence-corrected chi connectivity index (χ3v) is 2.57. The van der Waals surface area contributed by atoms with Crippen molar-refractivity contribution in [3.63, 3.8) is 0 Å². The predicted octanol–water partition coefficient (Wildman–Crippen LogP) is -0.571. The molecule has 54 valence electrons. The standard InChI is InChI=1S/C3H6ClNO3S/c1-2(6)3(4)9(5,7)8/h3H,1H3,(H2,5,7,8). The Balaban J connectivity index is 4.43. The van der Waals surface area contributed by atoms with E-state index in [2.05, 4.69) is 5.14 Å². The number of nitrogens with two attached hydrogens (primary N) is 1. The van der Waals surface area contributed by atoms with E-state index in [1.54, 1.807) is 0 Å². The number of carbonyl (C=O) groups excluding carboxylic acids is 1. The number of hydrogen-bond acceptors (Lipinski definition) is 3. The largest absolute Gasteiger partial charge is 0.297 e. The summed E-state index contributed by atoms with van der Waals surface area (Å²) >= 11 is 5.03. The second-order valence-electron chi connectivity index (χ2n) is 1.52. The smallest absolute Gasteiger partial charge is 0.233 e. The van der Waals surface area contributed by atoms with Crippen LogP contribution in [0, 0.1) is 0 Å². The van der Waals surface area contributed by atoms with Gasteiger partial charge in [0.05, 0.1) is 0 Å². The molecule has 0 aliphatic carbocycles. The lowest BCUT2D eigenvalue weighted by molar-refractivity contribution is -0.115. The van der Waals surface area contributed by atoms with E-state index in [9.17, 15) is 13.2 Å². The van der Waals surface area contributed by atoms with Crippen molar-refractivity contribution in [3.8, 4) is 0 Å². The highest BCUT2D eigenvalue weighted by Crippen LogP contribution is 2.01. The molecule has 4 nitrogen and oxygen atoms in total. The van der Waals surface area contributed by atoms with Crippen molar-refractivity contribution in [2.75, 3.05) is 0 Å². The minimum absolute atomic E-state index is 0.667. The van der Waals surface area contributed by atoms with Gasteiger partial charge in [-0.2, -0.15) is 0 Å². The number of primary sulfonamides is 1. The summed E-state index contributed by atoms with van der Waals surface area (Å²) < 4.78 is 18.8. The molecule has 0 heterocycles. The zero-order chi connectivity index (χ0) is 7.65. The van der Waals surface area contributed by atoms with Crippen LogP contribution in [-0.2, 0) is 14.8 Å². The van der Waals surface area contributed by atoms with E-state index < -0.39 is 20.5 Å². The van der Waals surface area contributed by atoms with Crippen LogP contribution in [0.3, 0.4) is 0 Å². The van der Waals surface area contributed by atoms with Gasteiger partial charge in [-0.25, -0.2) is 13.6 Å². The lowest BCUT2D eigenvalue weighted by Gasteiger charge is -1.98. The monoisotopic (exact) mass is 171 g/mol. The van der Waals surface area contributed by atoms with Crippen LogP contribution in [0.2, 0.25) is 0 Å². The average Bonchev–Trinajstić information content (AvgIpc) is 1.62. The number of halogens is 1. The first-order chi connectivity index (χ1) is 3.85. The fraction of sp³-hybridized carbons (Fsp3) is 0.667. The molecule has 0 saturated heterocycles. The molecule has 0 amide bonds. The number of alkyl halides is 1. The first kappa shape index (κ1) is 8.87. The van der Waals surface area contributed by atoms with E-state index in [-0.39, 0.29) is 0 Å². The summed E-state index contributed by atoms with van der Waals surface area (Å²) in [6.07, 6.45) is 0. The fourth-order valence-corrected chi connectivity index (χ4v) is 0.694. The third-order valence-electron chi connectivity index (χ3n) is 0.608. The second kappa shape index (κ2) is 2.64. The van der Waals surface area contributed by atoms with Crippen molar-refractivity contribution in [2.45, 2.75) is 11.6 Å². The Kier molecular flexibility index (Phi) is 2.60. The molecule has 0 aliphatic rings. The maximum Gasteiger partial charge on any atom is 0.233 e. The van der Waals surface area contributed by atoms with E-state index in [0.29, 0.717) is 0 Å². The van der Waals surface area contributed by atoms with Crippen LogP contribution in [0.25, 0.3) is 0 Å². The molecule has 6 heteroatoms. The van der Waals surface area contributed by atoms with E-state index in [1.807, 2.05) is 0 Å². The van der Waals surface area contributed by atoms with Crippen molar-refractivity contribution in [1.29, 1.82) is 0 Å². The summed E-state index contributed by atoms with van der Waals surface area (Å²) in [5.74, 6) is -0.667. The Bertz CT molecular complexity index is 209. The van der Waals surface area contributed by atoms with Crippen LogP contribution in [-0.4, -0.2) is 18.9 Å². The van der Waals surface area contributed by atoms with Gasteiger partial charge in [0.1, 0.15) is 0 Å². The number of carbonyl (C=O) groups is 1. The van der Waals surface area contributed by atoms with Gasteiger partial charge >= 0.3 is 0 Å². The molecule has 0 aliphatic heterocycles. The molecule has 1 unspecified atom stereocenters. The summed E-state index contributed by atoms with van der Waals surface area (Å²) in [6.45, 7) is 1.06. The minimum atomic E-state index is -3.89. The van der Waals surface area contributed by atoms with Gasteiger partial charge in [0.2, 0.25) is 14.7 Å². The SMILES string of the molecule is CC(=O)C(Cl)S(N)(=O)=O. The molecular weight excluding hydrogens is 166 g/mol. The number of sulfonamides is 1. The zero-order valence-electron chi connectivity index (χ0n) is 4.67. The maximum absolute atomic E-state index is 10.2. The molecule has 0 fully saturated rings. The first-order valence-electron chi connectivity index (χ1n) is 2.02. The molecule has 0 bridgehead atoms. The Morgan fingerprint density at radius 2 is 2.00 bits per heavy atom. The summed E-state index contributed by atoms with van der Waals surface area (Å²) in [5.41, 5.74) is 0. The summed E-state index contributed by atoms with van der Waals surface area (Å²) in [5, 5.41) is 4.50. The maximum atomic E-state index is 10.2. The predicted molar refractivity (Wildman–Crippen MR) is 33.4 cm³/mol. The summed E-state index contributed by atoms with van der Waals surface area (Å²) in [4.78, 5) is 10.2. The fourth-order valence-electron chi connectivity index (χ4n) is 0.231. The summed E-state index contributed by atoms with van der Waals surface area (Å²) in [6, 6.07) is 0. The van der Waals surface area contributed by atoms with Gasteiger partial charge in [0, 0.05) is 0 Å². The number of Topliss-reactive ketones (excluding diaryl/α,β-unsaturated/α-hetero) is 1. The Labute approximate surface area is 58.0 Å². The number of hydrogen-bond donors (Lipinski definition) is 1. The van der Waals surface area contributed by atoms with E-state index in [0.717, 1.165) is 6.92 Å². The molecule has 1 atom stereocenters. The van der Waals surface area contributed by atoms with Crippen LogP contribution in [0.15, 0.2) is 0 Å². The van der Waals surface area contributed by atoms with Gasteiger partial charge in [-0.1, -0.05) is 11.6 Å². The molecule has 0 rings (SSSR count). The molecule has 0 saturated carbocycles. The highest BCUT2D eigenvalue weighted by atomic mass is 35.5.